The Morgan fingerprint density at radius 3 is 0.660 bits per heavy atom. The second-order valence-corrected chi connectivity index (χ2v) is 33.6. The van der Waals surface area contributed by atoms with Crippen molar-refractivity contribution in [3.63, 3.8) is 0 Å². The molecule has 0 aromatic heterocycles. The lowest BCUT2D eigenvalue weighted by Crippen LogP contribution is -2.30. The summed E-state index contributed by atoms with van der Waals surface area (Å²) in [5.74, 6) is -1.31. The van der Waals surface area contributed by atoms with Gasteiger partial charge in [0.05, 0.1) is 26.4 Å². The highest BCUT2D eigenvalue weighted by atomic mass is 31.2. The Hall–Kier alpha value is -1.94. The molecule has 0 bridgehead atoms. The summed E-state index contributed by atoms with van der Waals surface area (Å²) in [6.07, 6.45) is 69.2. The lowest BCUT2D eigenvalue weighted by molar-refractivity contribution is -0.161. The molecule has 0 radical (unpaired) electrons. The monoisotopic (exact) mass is 1510 g/mol. The van der Waals surface area contributed by atoms with Gasteiger partial charge in [-0.3, -0.25) is 37.3 Å². The number of hydrogen-bond acceptors (Lipinski definition) is 15. The summed E-state index contributed by atoms with van der Waals surface area (Å²) in [6.45, 7) is 7.38. The molecule has 0 rings (SSSR count). The molecule has 5 atom stereocenters. The summed E-state index contributed by atoms with van der Waals surface area (Å²) in [5.41, 5.74) is 0. The second-order valence-electron chi connectivity index (χ2n) is 30.7. The largest absolute Gasteiger partial charge is 0.472 e. The van der Waals surface area contributed by atoms with Gasteiger partial charge in [0.2, 0.25) is 0 Å². The molecular weight excluding hydrogens is 1340 g/mol. The van der Waals surface area contributed by atoms with E-state index in [1.807, 2.05) is 0 Å². The Balaban J connectivity index is 5.26. The fourth-order valence-corrected chi connectivity index (χ4v) is 14.7. The number of ether oxygens (including phenoxy) is 4. The van der Waals surface area contributed by atoms with E-state index in [0.717, 1.165) is 95.8 Å². The van der Waals surface area contributed by atoms with E-state index < -0.39 is 97.5 Å². The molecule has 0 spiro atoms. The van der Waals surface area contributed by atoms with E-state index >= 15 is 0 Å². The van der Waals surface area contributed by atoms with Gasteiger partial charge < -0.3 is 33.8 Å². The lowest BCUT2D eigenvalue weighted by Gasteiger charge is -2.21. The van der Waals surface area contributed by atoms with Gasteiger partial charge in [-0.15, -0.1) is 0 Å². The van der Waals surface area contributed by atoms with E-state index in [0.29, 0.717) is 25.7 Å². The van der Waals surface area contributed by atoms with Gasteiger partial charge in [-0.05, 0) is 31.6 Å². The first kappa shape index (κ1) is 101. The molecule has 0 aromatic rings. The summed E-state index contributed by atoms with van der Waals surface area (Å²) in [4.78, 5) is 73.2. The van der Waals surface area contributed by atoms with Crippen LogP contribution in [0, 0.1) is 5.92 Å². The zero-order valence-electron chi connectivity index (χ0n) is 67.5. The first-order chi connectivity index (χ1) is 50.0. The lowest BCUT2D eigenvalue weighted by atomic mass is 10.0. The molecule has 0 aliphatic rings. The number of aliphatic hydroxyl groups is 1. The average molecular weight is 1510 g/mol. The van der Waals surface area contributed by atoms with Crippen LogP contribution in [0.1, 0.15) is 452 Å². The van der Waals surface area contributed by atoms with Crippen LogP contribution in [0.4, 0.5) is 0 Å². The van der Waals surface area contributed by atoms with Crippen molar-refractivity contribution >= 4 is 39.5 Å². The molecule has 17 nitrogen and oxygen atoms in total. The third kappa shape index (κ3) is 78.0. The van der Waals surface area contributed by atoms with E-state index in [-0.39, 0.29) is 25.7 Å². The van der Waals surface area contributed by atoms with E-state index in [9.17, 15) is 43.2 Å². The van der Waals surface area contributed by atoms with E-state index in [4.69, 9.17) is 37.0 Å². The fourth-order valence-electron chi connectivity index (χ4n) is 13.1. The van der Waals surface area contributed by atoms with Gasteiger partial charge in [-0.2, -0.15) is 0 Å². The van der Waals surface area contributed by atoms with Gasteiger partial charge in [0.25, 0.3) is 0 Å². The van der Waals surface area contributed by atoms with Crippen LogP contribution in [0.15, 0.2) is 0 Å². The minimum atomic E-state index is -4.96. The highest BCUT2D eigenvalue weighted by Gasteiger charge is 2.30. The van der Waals surface area contributed by atoms with Crippen molar-refractivity contribution in [2.24, 2.45) is 5.92 Å². The quantitative estimate of drug-likeness (QED) is 0.0222. The molecule has 19 heteroatoms. The molecule has 0 saturated heterocycles. The van der Waals surface area contributed by atoms with Crippen molar-refractivity contribution in [1.29, 1.82) is 0 Å². The number of phosphoric ester groups is 2. The molecule has 0 aromatic carbocycles. The summed E-state index contributed by atoms with van der Waals surface area (Å²) in [6, 6.07) is 0. The van der Waals surface area contributed by atoms with Crippen LogP contribution in [0.25, 0.3) is 0 Å². The number of carbonyl (C=O) groups is 4. The highest BCUT2D eigenvalue weighted by molar-refractivity contribution is 7.47. The zero-order valence-corrected chi connectivity index (χ0v) is 69.3. The molecular formula is C84H164O17P2. The number of unbranched alkanes of at least 4 members (excludes halogenated alkanes) is 56. The summed E-state index contributed by atoms with van der Waals surface area (Å²) in [7, 11) is -9.92. The molecule has 0 amide bonds. The van der Waals surface area contributed by atoms with Crippen molar-refractivity contribution < 1.29 is 80.2 Å². The van der Waals surface area contributed by atoms with Crippen molar-refractivity contribution in [2.75, 3.05) is 39.6 Å². The molecule has 3 N–H and O–H groups in total. The number of hydrogen-bond donors (Lipinski definition) is 3. The van der Waals surface area contributed by atoms with Crippen LogP contribution in [-0.2, 0) is 65.4 Å². The third-order valence-corrected chi connectivity index (χ3v) is 21.7. The fraction of sp³-hybridized carbons (Fsp3) is 0.952. The molecule has 0 saturated carbocycles. The second kappa shape index (κ2) is 76.8. The molecule has 0 aliphatic heterocycles. The van der Waals surface area contributed by atoms with Crippen LogP contribution in [0.3, 0.4) is 0 Å². The van der Waals surface area contributed by atoms with Gasteiger partial charge in [0.1, 0.15) is 19.3 Å². The molecule has 2 unspecified atom stereocenters. The number of phosphoric acid groups is 2. The Kier molecular flexibility index (Phi) is 75.4. The molecule has 0 aliphatic carbocycles. The SMILES string of the molecule is CCCCCCCCCCCCCCCCCCCCCC(=O)O[C@H](COC(=O)CCCCCCCCCCCCCCCC(C)C)COP(=O)(O)OC[C@@H](O)COP(=O)(O)OC[C@@H](COC(=O)CCCCCCCCCCCCCC)OC(=O)CCCCCCCCCCCCCCCCCC. The Morgan fingerprint density at radius 1 is 0.262 bits per heavy atom. The number of esters is 4. The first-order valence-electron chi connectivity index (χ1n) is 43.6. The average Bonchev–Trinajstić information content (AvgIpc) is 0.990. The van der Waals surface area contributed by atoms with Crippen LogP contribution >= 0.6 is 15.6 Å². The van der Waals surface area contributed by atoms with Gasteiger partial charge in [-0.1, -0.05) is 401 Å². The minimum absolute atomic E-state index is 0.109. The van der Waals surface area contributed by atoms with E-state index in [2.05, 4.69) is 34.6 Å². The molecule has 0 fully saturated rings. The van der Waals surface area contributed by atoms with E-state index in [1.54, 1.807) is 0 Å². The zero-order chi connectivity index (χ0) is 75.5. The maximum Gasteiger partial charge on any atom is 0.472 e. The maximum absolute atomic E-state index is 13.1. The number of aliphatic hydroxyl groups excluding tert-OH is 1. The topological polar surface area (TPSA) is 237 Å². The number of carbonyl (C=O) groups excluding carboxylic acids is 4. The molecule has 612 valence electrons. The predicted octanol–water partition coefficient (Wildman–Crippen LogP) is 25.6. The van der Waals surface area contributed by atoms with Crippen molar-refractivity contribution in [3.8, 4) is 0 Å². The Bertz CT molecular complexity index is 1960. The maximum atomic E-state index is 13.1. The minimum Gasteiger partial charge on any atom is -0.462 e. The van der Waals surface area contributed by atoms with Crippen molar-refractivity contribution in [2.45, 2.75) is 470 Å². The highest BCUT2D eigenvalue weighted by Crippen LogP contribution is 2.45. The third-order valence-electron chi connectivity index (χ3n) is 19.8. The van der Waals surface area contributed by atoms with Crippen molar-refractivity contribution in [3.05, 3.63) is 0 Å². The van der Waals surface area contributed by atoms with Gasteiger partial charge in [0, 0.05) is 25.7 Å². The summed E-state index contributed by atoms with van der Waals surface area (Å²) in [5, 5.41) is 10.7. The smallest absolute Gasteiger partial charge is 0.462 e. The van der Waals surface area contributed by atoms with Crippen molar-refractivity contribution in [1.82, 2.24) is 0 Å². The Labute approximate surface area is 632 Å². The van der Waals surface area contributed by atoms with Crippen LogP contribution < -0.4 is 0 Å². The summed E-state index contributed by atoms with van der Waals surface area (Å²) < 4.78 is 68.9. The standard InChI is InChI=1S/C84H164O17P2/c1-6-9-12-15-18-21-24-27-29-31-32-33-35-39-45-50-55-60-65-70-84(89)101-80(74-95-82(87)68-63-58-53-48-43-40-36-37-41-46-51-56-61-66-77(4)5)76-99-103(92,93)97-72-78(85)71-96-102(90,91)98-75-79(73-94-81(86)67-62-57-52-47-42-26-23-20-17-14-11-8-3)100-83(88)69-64-59-54-49-44-38-34-30-28-25-22-19-16-13-10-7-2/h77-80,85H,6-76H2,1-5H3,(H,90,91)(H,92,93)/t78-,79+,80+/m0/s1. The normalized spacial score (nSPS) is 13.8. The molecule has 0 heterocycles. The number of rotatable bonds is 84. The van der Waals surface area contributed by atoms with E-state index in [1.165, 1.54) is 276 Å². The van der Waals surface area contributed by atoms with Crippen LogP contribution in [0.2, 0.25) is 0 Å². The predicted molar refractivity (Wildman–Crippen MR) is 423 cm³/mol. The van der Waals surface area contributed by atoms with Gasteiger partial charge in [-0.25, -0.2) is 9.13 Å². The van der Waals surface area contributed by atoms with Gasteiger partial charge >= 0.3 is 39.5 Å². The first-order valence-corrected chi connectivity index (χ1v) is 46.6. The summed E-state index contributed by atoms with van der Waals surface area (Å²) >= 11 is 0. The Morgan fingerprint density at radius 2 is 0.447 bits per heavy atom. The van der Waals surface area contributed by atoms with Crippen LogP contribution in [0.5, 0.6) is 0 Å². The molecule has 103 heavy (non-hydrogen) atoms. The van der Waals surface area contributed by atoms with Gasteiger partial charge in [0.15, 0.2) is 12.2 Å². The van der Waals surface area contributed by atoms with Crippen LogP contribution in [-0.4, -0.2) is 96.7 Å².